The number of nitrogens with zero attached hydrogens (tertiary/aromatic N) is 2. The Balaban J connectivity index is 2.67. The Bertz CT molecular complexity index is 707. The van der Waals surface area contributed by atoms with E-state index in [-0.39, 0.29) is 17.0 Å². The first-order valence-electron chi connectivity index (χ1n) is 6.22. The van der Waals surface area contributed by atoms with Crippen LogP contribution < -0.4 is 15.9 Å². The van der Waals surface area contributed by atoms with Gasteiger partial charge in [0.15, 0.2) is 5.69 Å². The standard InChI is InChI=1S/C14H16N4O2/c1-3-20-12-7-5-4-6-10(12)18-9(2)8-11(19)13(17-18)14(15)16/h4-8H,3H2,1-2H3,(H3,15,16). The van der Waals surface area contributed by atoms with Gasteiger partial charge in [0.05, 0.1) is 6.61 Å². The molecular weight excluding hydrogens is 256 g/mol. The van der Waals surface area contributed by atoms with Crippen molar-refractivity contribution in [3.8, 4) is 11.4 Å². The lowest BCUT2D eigenvalue weighted by Gasteiger charge is -2.14. The molecule has 3 N–H and O–H groups in total. The van der Waals surface area contributed by atoms with Crippen LogP contribution >= 0.6 is 0 Å². The van der Waals surface area contributed by atoms with Gasteiger partial charge >= 0.3 is 0 Å². The van der Waals surface area contributed by atoms with Crippen LogP contribution in [0.25, 0.3) is 5.69 Å². The van der Waals surface area contributed by atoms with Gasteiger partial charge in [-0.3, -0.25) is 10.2 Å². The molecule has 0 aliphatic rings. The second kappa shape index (κ2) is 5.56. The van der Waals surface area contributed by atoms with Gasteiger partial charge in [-0.2, -0.15) is 5.10 Å². The third-order valence-electron chi connectivity index (χ3n) is 2.76. The molecule has 1 heterocycles. The minimum Gasteiger partial charge on any atom is -0.492 e. The van der Waals surface area contributed by atoms with Crippen LogP contribution in [-0.4, -0.2) is 22.2 Å². The summed E-state index contributed by atoms with van der Waals surface area (Å²) in [5.41, 5.74) is 6.30. The van der Waals surface area contributed by atoms with E-state index in [1.165, 1.54) is 6.07 Å². The van der Waals surface area contributed by atoms with Crippen LogP contribution in [0.1, 0.15) is 18.3 Å². The summed E-state index contributed by atoms with van der Waals surface area (Å²) in [6, 6.07) is 8.78. The Kier molecular flexibility index (Phi) is 3.84. The zero-order valence-corrected chi connectivity index (χ0v) is 11.4. The maximum Gasteiger partial charge on any atom is 0.211 e. The normalized spacial score (nSPS) is 10.3. The molecule has 0 saturated carbocycles. The highest BCUT2D eigenvalue weighted by Gasteiger charge is 2.12. The zero-order valence-electron chi connectivity index (χ0n) is 11.4. The minimum atomic E-state index is -0.361. The smallest absolute Gasteiger partial charge is 0.211 e. The summed E-state index contributed by atoms with van der Waals surface area (Å²) in [6.07, 6.45) is 0. The SMILES string of the molecule is CCOc1ccccc1-n1nc(C(=N)N)c(=O)cc1C. The predicted molar refractivity (Wildman–Crippen MR) is 76.8 cm³/mol. The molecule has 0 atom stereocenters. The molecule has 0 bridgehead atoms. The fourth-order valence-corrected chi connectivity index (χ4v) is 1.89. The van der Waals surface area contributed by atoms with Crippen LogP contribution in [0.15, 0.2) is 35.1 Å². The number of para-hydroxylation sites is 2. The van der Waals surface area contributed by atoms with Gasteiger partial charge in [-0.15, -0.1) is 0 Å². The molecule has 0 radical (unpaired) electrons. The van der Waals surface area contributed by atoms with Gasteiger partial charge in [0, 0.05) is 11.8 Å². The van der Waals surface area contributed by atoms with Gasteiger partial charge in [-0.1, -0.05) is 12.1 Å². The average molecular weight is 272 g/mol. The molecule has 1 aromatic carbocycles. The highest BCUT2D eigenvalue weighted by molar-refractivity contribution is 5.92. The van der Waals surface area contributed by atoms with Crippen molar-refractivity contribution in [3.63, 3.8) is 0 Å². The number of nitrogens with one attached hydrogen (secondary N) is 1. The van der Waals surface area contributed by atoms with Crippen LogP contribution in [0.5, 0.6) is 5.75 Å². The molecule has 6 heteroatoms. The lowest BCUT2D eigenvalue weighted by atomic mass is 10.2. The first-order valence-corrected chi connectivity index (χ1v) is 6.22. The number of aromatic nitrogens is 2. The maximum absolute atomic E-state index is 11.7. The molecule has 0 spiro atoms. The number of nitrogens with two attached hydrogens (primary N) is 1. The first kappa shape index (κ1) is 13.8. The third kappa shape index (κ3) is 2.54. The molecule has 0 unspecified atom stereocenters. The molecular formula is C14H16N4O2. The molecule has 6 nitrogen and oxygen atoms in total. The van der Waals surface area contributed by atoms with Crippen molar-refractivity contribution in [1.82, 2.24) is 9.78 Å². The molecule has 0 aliphatic carbocycles. The topological polar surface area (TPSA) is 94.0 Å². The minimum absolute atomic E-state index is 0.0677. The molecule has 104 valence electrons. The molecule has 20 heavy (non-hydrogen) atoms. The van der Waals surface area contributed by atoms with Crippen molar-refractivity contribution in [2.45, 2.75) is 13.8 Å². The largest absolute Gasteiger partial charge is 0.492 e. The Hall–Kier alpha value is -2.63. The third-order valence-corrected chi connectivity index (χ3v) is 2.76. The van der Waals surface area contributed by atoms with E-state index in [9.17, 15) is 4.79 Å². The highest BCUT2D eigenvalue weighted by atomic mass is 16.5. The van der Waals surface area contributed by atoms with Crippen LogP contribution in [0, 0.1) is 12.3 Å². The van der Waals surface area contributed by atoms with Gasteiger partial charge in [-0.25, -0.2) is 4.68 Å². The Morgan fingerprint density at radius 3 is 2.80 bits per heavy atom. The summed E-state index contributed by atoms with van der Waals surface area (Å²) in [6.45, 7) is 4.18. The van der Waals surface area contributed by atoms with E-state index in [0.717, 1.165) is 0 Å². The highest BCUT2D eigenvalue weighted by Crippen LogP contribution is 2.22. The second-order valence-electron chi connectivity index (χ2n) is 4.22. The first-order chi connectivity index (χ1) is 9.54. The predicted octanol–water partition coefficient (Wildman–Crippen LogP) is 1.22. The quantitative estimate of drug-likeness (QED) is 0.646. The van der Waals surface area contributed by atoms with Crippen molar-refractivity contribution < 1.29 is 4.74 Å². The van der Waals surface area contributed by atoms with E-state index in [1.54, 1.807) is 11.6 Å². The summed E-state index contributed by atoms with van der Waals surface area (Å²) in [4.78, 5) is 11.7. The average Bonchev–Trinajstić information content (AvgIpc) is 2.40. The molecule has 2 rings (SSSR count). The van der Waals surface area contributed by atoms with Crippen LogP contribution in [-0.2, 0) is 0 Å². The number of hydrogen-bond acceptors (Lipinski definition) is 4. The van der Waals surface area contributed by atoms with Crippen molar-refractivity contribution in [1.29, 1.82) is 5.41 Å². The summed E-state index contributed by atoms with van der Waals surface area (Å²) in [7, 11) is 0. The number of hydrogen-bond donors (Lipinski definition) is 2. The molecule has 0 amide bonds. The van der Waals surface area contributed by atoms with Crippen molar-refractivity contribution in [2.24, 2.45) is 5.73 Å². The number of nitrogen functional groups attached to an aromatic ring is 1. The Morgan fingerprint density at radius 1 is 1.45 bits per heavy atom. The number of amidine groups is 1. The number of rotatable bonds is 4. The van der Waals surface area contributed by atoms with Crippen LogP contribution in [0.4, 0.5) is 0 Å². The van der Waals surface area contributed by atoms with Gasteiger partial charge < -0.3 is 10.5 Å². The lowest BCUT2D eigenvalue weighted by molar-refractivity contribution is 0.338. The van der Waals surface area contributed by atoms with E-state index in [4.69, 9.17) is 15.9 Å². The van der Waals surface area contributed by atoms with Crippen LogP contribution in [0.3, 0.4) is 0 Å². The van der Waals surface area contributed by atoms with Crippen molar-refractivity contribution in [3.05, 3.63) is 51.9 Å². The van der Waals surface area contributed by atoms with E-state index < -0.39 is 0 Å². The second-order valence-corrected chi connectivity index (χ2v) is 4.22. The lowest BCUT2D eigenvalue weighted by Crippen LogP contribution is -2.27. The van der Waals surface area contributed by atoms with Gasteiger partial charge in [-0.05, 0) is 26.0 Å². The Labute approximate surface area is 116 Å². The maximum atomic E-state index is 11.7. The molecule has 2 aromatic rings. The fraction of sp³-hybridized carbons (Fsp3) is 0.214. The zero-order chi connectivity index (χ0) is 14.7. The van der Waals surface area contributed by atoms with Crippen molar-refractivity contribution >= 4 is 5.84 Å². The van der Waals surface area contributed by atoms with E-state index in [1.807, 2.05) is 31.2 Å². The molecule has 1 aromatic heterocycles. The summed E-state index contributed by atoms with van der Waals surface area (Å²) in [5, 5.41) is 11.6. The van der Waals surface area contributed by atoms with Gasteiger partial charge in [0.25, 0.3) is 0 Å². The van der Waals surface area contributed by atoms with Gasteiger partial charge in [0.2, 0.25) is 5.43 Å². The monoisotopic (exact) mass is 272 g/mol. The van der Waals surface area contributed by atoms with E-state index in [2.05, 4.69) is 5.10 Å². The number of aryl methyl sites for hydroxylation is 1. The van der Waals surface area contributed by atoms with Gasteiger partial charge in [0.1, 0.15) is 17.3 Å². The van der Waals surface area contributed by atoms with Crippen LogP contribution in [0.2, 0.25) is 0 Å². The summed E-state index contributed by atoms with van der Waals surface area (Å²) >= 11 is 0. The molecule has 0 aliphatic heterocycles. The van der Waals surface area contributed by atoms with E-state index in [0.29, 0.717) is 23.7 Å². The molecule has 0 fully saturated rings. The molecule has 0 saturated heterocycles. The number of benzene rings is 1. The fourth-order valence-electron chi connectivity index (χ4n) is 1.89. The van der Waals surface area contributed by atoms with Crippen molar-refractivity contribution in [2.75, 3.05) is 6.61 Å². The summed E-state index contributed by atoms with van der Waals surface area (Å²) < 4.78 is 7.11. The number of ether oxygens (including phenoxy) is 1. The Morgan fingerprint density at radius 2 is 2.15 bits per heavy atom. The van der Waals surface area contributed by atoms with E-state index >= 15 is 0 Å². The summed E-state index contributed by atoms with van der Waals surface area (Å²) in [5.74, 6) is 0.307.